The van der Waals surface area contributed by atoms with E-state index in [0.29, 0.717) is 19.4 Å². The summed E-state index contributed by atoms with van der Waals surface area (Å²) >= 11 is 0. The number of nitrogens with zero attached hydrogens (tertiary/aromatic N) is 3. The highest BCUT2D eigenvalue weighted by Gasteiger charge is 2.38. The number of sulfonamides is 1. The molecule has 0 saturated carbocycles. The second kappa shape index (κ2) is 4.34. The molecule has 2 heterocycles. The van der Waals surface area contributed by atoms with Crippen molar-refractivity contribution in [2.75, 3.05) is 6.54 Å². The summed E-state index contributed by atoms with van der Waals surface area (Å²) in [6.45, 7) is 0.349. The van der Waals surface area contributed by atoms with Crippen LogP contribution in [0.4, 0.5) is 0 Å². The van der Waals surface area contributed by atoms with Crippen LogP contribution in [0.1, 0.15) is 12.8 Å². The molecule has 8 nitrogen and oxygen atoms in total. The Bertz CT molecular complexity index is 509. The molecule has 1 saturated heterocycles. The van der Waals surface area contributed by atoms with Gasteiger partial charge in [-0.05, 0) is 12.8 Å². The van der Waals surface area contributed by atoms with Crippen LogP contribution in [0.5, 0.6) is 0 Å². The third-order valence-electron chi connectivity index (χ3n) is 2.72. The minimum atomic E-state index is -3.66. The molecule has 1 aromatic rings. The van der Waals surface area contributed by atoms with E-state index < -0.39 is 16.1 Å². The van der Waals surface area contributed by atoms with E-state index in [2.05, 4.69) is 15.1 Å². The molecular formula is C8H13N5O3S. The Morgan fingerprint density at radius 1 is 1.71 bits per heavy atom. The lowest BCUT2D eigenvalue weighted by Crippen LogP contribution is -2.43. The molecule has 1 aliphatic heterocycles. The molecule has 0 radical (unpaired) electrons. The van der Waals surface area contributed by atoms with Gasteiger partial charge < -0.3 is 15.9 Å². The number of rotatable bonds is 3. The van der Waals surface area contributed by atoms with E-state index in [1.807, 2.05) is 0 Å². The minimum absolute atomic E-state index is 0.00939. The van der Waals surface area contributed by atoms with Crippen molar-refractivity contribution >= 4 is 15.9 Å². The SMILES string of the molecule is NC(=NO)C1CCCN1S(=O)(=O)c1cnc[nH]1. The van der Waals surface area contributed by atoms with Gasteiger partial charge in [-0.25, -0.2) is 13.4 Å². The molecule has 17 heavy (non-hydrogen) atoms. The highest BCUT2D eigenvalue weighted by molar-refractivity contribution is 7.89. The zero-order chi connectivity index (χ0) is 12.5. The number of hydrogen-bond acceptors (Lipinski definition) is 5. The molecule has 0 bridgehead atoms. The maximum absolute atomic E-state index is 12.2. The van der Waals surface area contributed by atoms with E-state index >= 15 is 0 Å². The fraction of sp³-hybridized carbons (Fsp3) is 0.500. The molecule has 1 aliphatic rings. The number of nitrogens with one attached hydrogen (secondary N) is 1. The second-order valence-corrected chi connectivity index (χ2v) is 5.57. The van der Waals surface area contributed by atoms with Crippen LogP contribution in [-0.2, 0) is 10.0 Å². The van der Waals surface area contributed by atoms with Crippen molar-refractivity contribution in [2.24, 2.45) is 10.9 Å². The average Bonchev–Trinajstić information content (AvgIpc) is 2.98. The summed E-state index contributed by atoms with van der Waals surface area (Å²) < 4.78 is 25.6. The highest BCUT2D eigenvalue weighted by Crippen LogP contribution is 2.24. The van der Waals surface area contributed by atoms with Crippen LogP contribution in [0, 0.1) is 0 Å². The van der Waals surface area contributed by atoms with Crippen molar-refractivity contribution in [3.8, 4) is 0 Å². The van der Waals surface area contributed by atoms with E-state index in [4.69, 9.17) is 10.9 Å². The Balaban J connectivity index is 2.34. The summed E-state index contributed by atoms with van der Waals surface area (Å²) in [4.78, 5) is 6.23. The average molecular weight is 259 g/mol. The van der Waals surface area contributed by atoms with Crippen LogP contribution in [0.2, 0.25) is 0 Å². The molecule has 9 heteroatoms. The fourth-order valence-corrected chi connectivity index (χ4v) is 3.47. The number of imidazole rings is 1. The van der Waals surface area contributed by atoms with Crippen LogP contribution in [-0.4, -0.2) is 46.3 Å². The first-order chi connectivity index (χ1) is 8.07. The molecule has 1 aromatic heterocycles. The van der Waals surface area contributed by atoms with Crippen LogP contribution >= 0.6 is 0 Å². The van der Waals surface area contributed by atoms with Gasteiger partial charge in [0, 0.05) is 6.54 Å². The molecule has 1 fully saturated rings. The third-order valence-corrected chi connectivity index (χ3v) is 4.55. The monoisotopic (exact) mass is 259 g/mol. The third kappa shape index (κ3) is 1.98. The van der Waals surface area contributed by atoms with E-state index in [1.165, 1.54) is 16.8 Å². The van der Waals surface area contributed by atoms with Crippen molar-refractivity contribution < 1.29 is 13.6 Å². The second-order valence-electron chi connectivity index (χ2n) is 3.71. The van der Waals surface area contributed by atoms with Crippen molar-refractivity contribution in [1.82, 2.24) is 14.3 Å². The fourth-order valence-electron chi connectivity index (χ4n) is 1.90. The quantitative estimate of drug-likeness (QED) is 0.287. The lowest BCUT2D eigenvalue weighted by Gasteiger charge is -2.21. The summed E-state index contributed by atoms with van der Waals surface area (Å²) in [6.07, 6.45) is 3.75. The van der Waals surface area contributed by atoms with Crippen molar-refractivity contribution in [1.29, 1.82) is 0 Å². The number of amidine groups is 1. The van der Waals surface area contributed by atoms with Crippen LogP contribution < -0.4 is 5.73 Å². The van der Waals surface area contributed by atoms with Gasteiger partial charge in [-0.3, -0.25) is 0 Å². The Kier molecular flexibility index (Phi) is 3.03. The lowest BCUT2D eigenvalue weighted by atomic mass is 10.2. The van der Waals surface area contributed by atoms with E-state index in [0.717, 1.165) is 0 Å². The molecule has 0 amide bonds. The van der Waals surface area contributed by atoms with Gasteiger partial charge in [-0.2, -0.15) is 4.31 Å². The summed E-state index contributed by atoms with van der Waals surface area (Å²) in [6, 6.07) is -0.590. The lowest BCUT2D eigenvalue weighted by molar-refractivity contribution is 0.311. The zero-order valence-electron chi connectivity index (χ0n) is 8.94. The molecular weight excluding hydrogens is 246 g/mol. The number of aromatic amines is 1. The van der Waals surface area contributed by atoms with E-state index in [-0.39, 0.29) is 10.9 Å². The van der Waals surface area contributed by atoms with E-state index in [1.54, 1.807) is 0 Å². The van der Waals surface area contributed by atoms with Gasteiger partial charge >= 0.3 is 0 Å². The van der Waals surface area contributed by atoms with Gasteiger partial charge in [0.2, 0.25) is 0 Å². The van der Waals surface area contributed by atoms with Gasteiger partial charge in [0.1, 0.15) is 0 Å². The van der Waals surface area contributed by atoms with Crippen molar-refractivity contribution in [3.63, 3.8) is 0 Å². The van der Waals surface area contributed by atoms with Crippen molar-refractivity contribution in [2.45, 2.75) is 23.9 Å². The molecule has 1 atom stereocenters. The van der Waals surface area contributed by atoms with Crippen LogP contribution in [0.15, 0.2) is 22.7 Å². The van der Waals surface area contributed by atoms with E-state index in [9.17, 15) is 8.42 Å². The summed E-state index contributed by atoms with van der Waals surface area (Å²) in [5.74, 6) is -0.0920. The molecule has 1 unspecified atom stereocenters. The number of H-pyrrole nitrogens is 1. The Hall–Kier alpha value is -1.61. The first-order valence-corrected chi connectivity index (χ1v) is 6.49. The first-order valence-electron chi connectivity index (χ1n) is 5.05. The summed E-state index contributed by atoms with van der Waals surface area (Å²) in [5, 5.41) is 11.5. The molecule has 0 aromatic carbocycles. The Labute approximate surface area is 98.2 Å². The van der Waals surface area contributed by atoms with Gasteiger partial charge in [0.25, 0.3) is 10.0 Å². The maximum atomic E-state index is 12.2. The molecule has 2 rings (SSSR count). The predicted octanol–water partition coefficient (Wildman–Crippen LogP) is -0.691. The number of aromatic nitrogens is 2. The normalized spacial score (nSPS) is 23.1. The maximum Gasteiger partial charge on any atom is 0.260 e. The van der Waals surface area contributed by atoms with Crippen LogP contribution in [0.25, 0.3) is 0 Å². The smallest absolute Gasteiger partial charge is 0.260 e. The Morgan fingerprint density at radius 2 is 2.47 bits per heavy atom. The molecule has 4 N–H and O–H groups in total. The van der Waals surface area contributed by atoms with Gasteiger partial charge in [0.05, 0.1) is 18.6 Å². The number of hydrogen-bond donors (Lipinski definition) is 3. The van der Waals surface area contributed by atoms with Gasteiger partial charge in [0.15, 0.2) is 10.9 Å². The predicted molar refractivity (Wildman–Crippen MR) is 58.9 cm³/mol. The standard InChI is InChI=1S/C8H13N5O3S/c9-8(12-14)6-2-1-3-13(6)17(15,16)7-4-10-5-11-7/h4-6,14H,1-3H2,(H2,9,12)(H,10,11). The Morgan fingerprint density at radius 3 is 3.06 bits per heavy atom. The molecule has 94 valence electrons. The minimum Gasteiger partial charge on any atom is -0.409 e. The first kappa shape index (κ1) is 11.9. The van der Waals surface area contributed by atoms with Gasteiger partial charge in [-0.1, -0.05) is 5.16 Å². The van der Waals surface area contributed by atoms with Gasteiger partial charge in [-0.15, -0.1) is 0 Å². The highest BCUT2D eigenvalue weighted by atomic mass is 32.2. The largest absolute Gasteiger partial charge is 0.409 e. The topological polar surface area (TPSA) is 125 Å². The molecule has 0 spiro atoms. The summed E-state index contributed by atoms with van der Waals surface area (Å²) in [5.41, 5.74) is 5.49. The number of nitrogens with two attached hydrogens (primary N) is 1. The zero-order valence-corrected chi connectivity index (χ0v) is 9.76. The number of oxime groups is 1. The van der Waals surface area contributed by atoms with Crippen molar-refractivity contribution in [3.05, 3.63) is 12.5 Å². The summed E-state index contributed by atoms with van der Waals surface area (Å²) in [7, 11) is -3.66. The van der Waals surface area contributed by atoms with Crippen LogP contribution in [0.3, 0.4) is 0 Å². The molecule has 0 aliphatic carbocycles.